The Kier molecular flexibility index (Phi) is 6.79. The minimum atomic E-state index is -0.367. The van der Waals surface area contributed by atoms with Gasteiger partial charge in [-0.1, -0.05) is 43.2 Å². The van der Waals surface area contributed by atoms with E-state index in [-0.39, 0.29) is 35.5 Å². The van der Waals surface area contributed by atoms with Gasteiger partial charge in [-0.3, -0.25) is 9.59 Å². The molecular weight excluding hydrogens is 338 g/mol. The molecule has 2 atom stereocenters. The maximum atomic E-state index is 12.5. The number of aromatic amines is 1. The SMILES string of the molecule is Cl.NCC1CCCCC1NC(=O)c1ccc(-c2ccccc2)[nH]c1=O. The molecular formula is C19H24ClN3O2. The molecule has 25 heavy (non-hydrogen) atoms. The number of nitrogens with two attached hydrogens (primary N) is 1. The second-order valence-corrected chi connectivity index (χ2v) is 6.34. The van der Waals surface area contributed by atoms with Crippen molar-refractivity contribution in [3.05, 3.63) is 58.4 Å². The predicted molar refractivity (Wildman–Crippen MR) is 102 cm³/mol. The summed E-state index contributed by atoms with van der Waals surface area (Å²) < 4.78 is 0. The molecule has 5 nitrogen and oxygen atoms in total. The van der Waals surface area contributed by atoms with Gasteiger partial charge >= 0.3 is 0 Å². The third-order valence-electron chi connectivity index (χ3n) is 4.77. The first-order valence-corrected chi connectivity index (χ1v) is 8.48. The van der Waals surface area contributed by atoms with Crippen LogP contribution in [0.2, 0.25) is 0 Å². The van der Waals surface area contributed by atoms with Gasteiger partial charge in [0.05, 0.1) is 0 Å². The minimum absolute atomic E-state index is 0. The predicted octanol–water partition coefficient (Wildman–Crippen LogP) is 2.71. The summed E-state index contributed by atoms with van der Waals surface area (Å²) in [5.74, 6) is -0.0217. The molecule has 1 saturated carbocycles. The van der Waals surface area contributed by atoms with Crippen molar-refractivity contribution < 1.29 is 4.79 Å². The van der Waals surface area contributed by atoms with Crippen LogP contribution in [0.5, 0.6) is 0 Å². The number of amides is 1. The summed E-state index contributed by atoms with van der Waals surface area (Å²) in [5.41, 5.74) is 7.20. The number of hydrogen-bond donors (Lipinski definition) is 3. The lowest BCUT2D eigenvalue weighted by Crippen LogP contribution is -2.45. The first-order chi connectivity index (χ1) is 11.7. The molecule has 0 saturated heterocycles. The van der Waals surface area contributed by atoms with Gasteiger partial charge in [-0.05, 0) is 43.0 Å². The Morgan fingerprint density at radius 3 is 2.52 bits per heavy atom. The van der Waals surface area contributed by atoms with Crippen LogP contribution in [0, 0.1) is 5.92 Å². The Labute approximate surface area is 153 Å². The number of halogens is 1. The van der Waals surface area contributed by atoms with Gasteiger partial charge in [0.2, 0.25) is 0 Å². The molecule has 2 unspecified atom stereocenters. The van der Waals surface area contributed by atoms with Gasteiger partial charge in [0.25, 0.3) is 11.5 Å². The third kappa shape index (κ3) is 4.50. The average Bonchev–Trinajstić information content (AvgIpc) is 2.62. The number of hydrogen-bond acceptors (Lipinski definition) is 3. The standard InChI is InChI=1S/C19H23N3O2.ClH/c20-12-14-8-4-5-9-16(14)21-18(23)15-10-11-17(22-19(15)24)13-6-2-1-3-7-13;/h1-3,6-7,10-11,14,16H,4-5,8-9,12,20H2,(H,21,23)(H,22,24);1H. The molecule has 134 valence electrons. The molecule has 0 aliphatic heterocycles. The summed E-state index contributed by atoms with van der Waals surface area (Å²) in [6, 6.07) is 13.0. The number of carbonyl (C=O) groups is 1. The van der Waals surface area contributed by atoms with E-state index in [0.717, 1.165) is 31.2 Å². The van der Waals surface area contributed by atoms with Crippen LogP contribution in [0.25, 0.3) is 11.3 Å². The minimum Gasteiger partial charge on any atom is -0.349 e. The molecule has 1 amide bonds. The lowest BCUT2D eigenvalue weighted by molar-refractivity contribution is 0.0906. The second kappa shape index (κ2) is 8.83. The van der Waals surface area contributed by atoms with Crippen LogP contribution in [0.3, 0.4) is 0 Å². The lowest BCUT2D eigenvalue weighted by Gasteiger charge is -2.31. The van der Waals surface area contributed by atoms with Crippen molar-refractivity contribution in [1.29, 1.82) is 0 Å². The molecule has 6 heteroatoms. The highest BCUT2D eigenvalue weighted by Gasteiger charge is 2.26. The van der Waals surface area contributed by atoms with Crippen LogP contribution in [-0.2, 0) is 0 Å². The number of benzene rings is 1. The van der Waals surface area contributed by atoms with E-state index in [4.69, 9.17) is 5.73 Å². The molecule has 1 fully saturated rings. The highest BCUT2D eigenvalue weighted by Crippen LogP contribution is 2.23. The number of H-pyrrole nitrogens is 1. The van der Waals surface area contributed by atoms with E-state index in [1.165, 1.54) is 0 Å². The van der Waals surface area contributed by atoms with Crippen LogP contribution < -0.4 is 16.6 Å². The number of rotatable bonds is 4. The Morgan fingerprint density at radius 1 is 1.12 bits per heavy atom. The molecule has 3 rings (SSSR count). The van der Waals surface area contributed by atoms with Crippen molar-refractivity contribution in [2.45, 2.75) is 31.7 Å². The van der Waals surface area contributed by atoms with Crippen molar-refractivity contribution >= 4 is 18.3 Å². The molecule has 1 heterocycles. The van der Waals surface area contributed by atoms with Crippen molar-refractivity contribution in [1.82, 2.24) is 10.3 Å². The molecule has 1 aromatic carbocycles. The zero-order valence-electron chi connectivity index (χ0n) is 14.0. The number of carbonyl (C=O) groups excluding carboxylic acids is 1. The topological polar surface area (TPSA) is 88.0 Å². The zero-order chi connectivity index (χ0) is 16.9. The van der Waals surface area contributed by atoms with Gasteiger partial charge in [0, 0.05) is 11.7 Å². The van der Waals surface area contributed by atoms with E-state index in [1.807, 2.05) is 30.3 Å². The second-order valence-electron chi connectivity index (χ2n) is 6.34. The highest BCUT2D eigenvalue weighted by atomic mass is 35.5. The van der Waals surface area contributed by atoms with Gasteiger partial charge in [0.15, 0.2) is 0 Å². The molecule has 1 aliphatic carbocycles. The maximum Gasteiger partial charge on any atom is 0.261 e. The monoisotopic (exact) mass is 361 g/mol. The fourth-order valence-corrected chi connectivity index (χ4v) is 3.36. The zero-order valence-corrected chi connectivity index (χ0v) is 14.9. The summed E-state index contributed by atoms with van der Waals surface area (Å²) in [6.07, 6.45) is 4.20. The third-order valence-corrected chi connectivity index (χ3v) is 4.77. The Bertz CT molecular complexity index is 761. The largest absolute Gasteiger partial charge is 0.349 e. The van der Waals surface area contributed by atoms with Gasteiger partial charge in [0.1, 0.15) is 5.56 Å². The summed E-state index contributed by atoms with van der Waals surface area (Å²) in [7, 11) is 0. The first kappa shape index (κ1) is 19.2. The normalized spacial score (nSPS) is 19.7. The Balaban J connectivity index is 0.00000225. The van der Waals surface area contributed by atoms with E-state index in [1.54, 1.807) is 12.1 Å². The van der Waals surface area contributed by atoms with E-state index in [0.29, 0.717) is 18.2 Å². The van der Waals surface area contributed by atoms with Crippen LogP contribution in [-0.4, -0.2) is 23.5 Å². The molecule has 2 aromatic rings. The summed E-state index contributed by atoms with van der Waals surface area (Å²) in [6.45, 7) is 0.564. The van der Waals surface area contributed by atoms with E-state index >= 15 is 0 Å². The van der Waals surface area contributed by atoms with Crippen molar-refractivity contribution in [2.24, 2.45) is 11.7 Å². The molecule has 4 N–H and O–H groups in total. The summed E-state index contributed by atoms with van der Waals surface area (Å²) in [4.78, 5) is 27.6. The van der Waals surface area contributed by atoms with Gasteiger partial charge < -0.3 is 16.0 Å². The van der Waals surface area contributed by atoms with Gasteiger partial charge in [-0.25, -0.2) is 0 Å². The first-order valence-electron chi connectivity index (χ1n) is 8.48. The van der Waals surface area contributed by atoms with Crippen molar-refractivity contribution in [2.75, 3.05) is 6.54 Å². The van der Waals surface area contributed by atoms with E-state index in [2.05, 4.69) is 10.3 Å². The average molecular weight is 362 g/mol. The van der Waals surface area contributed by atoms with Crippen LogP contribution in [0.1, 0.15) is 36.0 Å². The molecule has 1 aromatic heterocycles. The van der Waals surface area contributed by atoms with Crippen LogP contribution in [0.4, 0.5) is 0 Å². The van der Waals surface area contributed by atoms with E-state index in [9.17, 15) is 9.59 Å². The summed E-state index contributed by atoms with van der Waals surface area (Å²) >= 11 is 0. The molecule has 0 bridgehead atoms. The molecule has 0 spiro atoms. The maximum absolute atomic E-state index is 12.5. The molecule has 0 radical (unpaired) electrons. The molecule has 1 aliphatic rings. The van der Waals surface area contributed by atoms with Crippen LogP contribution >= 0.6 is 12.4 Å². The highest BCUT2D eigenvalue weighted by molar-refractivity contribution is 5.94. The van der Waals surface area contributed by atoms with Gasteiger partial charge in [-0.15, -0.1) is 12.4 Å². The quantitative estimate of drug-likeness (QED) is 0.782. The number of pyridine rings is 1. The number of nitrogens with one attached hydrogen (secondary N) is 2. The van der Waals surface area contributed by atoms with Crippen molar-refractivity contribution in [3.8, 4) is 11.3 Å². The summed E-state index contributed by atoms with van der Waals surface area (Å²) in [5, 5.41) is 3.00. The van der Waals surface area contributed by atoms with Crippen molar-refractivity contribution in [3.63, 3.8) is 0 Å². The fourth-order valence-electron chi connectivity index (χ4n) is 3.36. The smallest absolute Gasteiger partial charge is 0.261 e. The Hall–Kier alpha value is -2.11. The lowest BCUT2D eigenvalue weighted by atomic mass is 9.84. The van der Waals surface area contributed by atoms with E-state index < -0.39 is 0 Å². The van der Waals surface area contributed by atoms with Crippen LogP contribution in [0.15, 0.2) is 47.3 Å². The Morgan fingerprint density at radius 2 is 1.84 bits per heavy atom. The van der Waals surface area contributed by atoms with Gasteiger partial charge in [-0.2, -0.15) is 0 Å². The fraction of sp³-hybridized carbons (Fsp3) is 0.368. The number of aromatic nitrogens is 1.